The molecule has 0 bridgehead atoms. The van der Waals surface area contributed by atoms with Gasteiger partial charge in [-0.15, -0.1) is 0 Å². The lowest BCUT2D eigenvalue weighted by atomic mass is 10.2. The molecule has 0 aliphatic rings. The van der Waals surface area contributed by atoms with Gasteiger partial charge in [0.2, 0.25) is 0 Å². The van der Waals surface area contributed by atoms with E-state index in [-0.39, 0.29) is 5.69 Å². The van der Waals surface area contributed by atoms with Crippen molar-refractivity contribution in [3.63, 3.8) is 0 Å². The second-order valence-corrected chi connectivity index (χ2v) is 2.41. The molecule has 0 spiro atoms. The highest BCUT2D eigenvalue weighted by atomic mass is 16.4. The van der Waals surface area contributed by atoms with E-state index in [0.29, 0.717) is 10.9 Å². The molecule has 0 radical (unpaired) electrons. The van der Waals surface area contributed by atoms with Crippen LogP contribution < -0.4 is 0 Å². The number of carbonyl (C=O) groups is 1. The van der Waals surface area contributed by atoms with Crippen molar-refractivity contribution < 1.29 is 9.90 Å². The number of H-pyrrole nitrogens is 1. The van der Waals surface area contributed by atoms with Gasteiger partial charge in [-0.05, 0) is 12.1 Å². The SMILES string of the molecule is O=C(O)c1[nH]cc2ncccc12. The third kappa shape index (κ3) is 0.852. The largest absolute Gasteiger partial charge is 0.477 e. The van der Waals surface area contributed by atoms with Crippen molar-refractivity contribution in [2.45, 2.75) is 0 Å². The molecule has 2 rings (SSSR count). The Balaban J connectivity index is 2.79. The first-order chi connectivity index (χ1) is 5.79. The highest BCUT2D eigenvalue weighted by Crippen LogP contribution is 2.14. The molecular formula is C8H6N2O2. The molecular weight excluding hydrogens is 156 g/mol. The molecule has 0 saturated heterocycles. The number of aromatic carboxylic acids is 1. The lowest BCUT2D eigenvalue weighted by Gasteiger charge is -1.89. The fourth-order valence-corrected chi connectivity index (χ4v) is 1.14. The maximum Gasteiger partial charge on any atom is 0.353 e. The van der Waals surface area contributed by atoms with E-state index in [9.17, 15) is 4.79 Å². The minimum Gasteiger partial charge on any atom is -0.477 e. The average molecular weight is 162 g/mol. The Kier molecular flexibility index (Phi) is 1.33. The summed E-state index contributed by atoms with van der Waals surface area (Å²) in [5.74, 6) is -0.960. The topological polar surface area (TPSA) is 66.0 Å². The molecule has 0 aliphatic heterocycles. The number of hydrogen-bond acceptors (Lipinski definition) is 2. The first-order valence-corrected chi connectivity index (χ1v) is 3.44. The highest BCUT2D eigenvalue weighted by molar-refractivity contribution is 6.01. The van der Waals surface area contributed by atoms with Crippen molar-refractivity contribution in [1.82, 2.24) is 9.97 Å². The fraction of sp³-hybridized carbons (Fsp3) is 0. The zero-order valence-corrected chi connectivity index (χ0v) is 6.11. The predicted octanol–water partition coefficient (Wildman–Crippen LogP) is 1.26. The van der Waals surface area contributed by atoms with Crippen molar-refractivity contribution in [3.05, 3.63) is 30.2 Å². The van der Waals surface area contributed by atoms with E-state index >= 15 is 0 Å². The van der Waals surface area contributed by atoms with Crippen LogP contribution in [0.25, 0.3) is 10.9 Å². The molecule has 0 aliphatic carbocycles. The van der Waals surface area contributed by atoms with E-state index in [1.54, 1.807) is 24.5 Å². The summed E-state index contributed by atoms with van der Waals surface area (Å²) >= 11 is 0. The van der Waals surface area contributed by atoms with Gasteiger partial charge in [0, 0.05) is 17.8 Å². The molecule has 2 heterocycles. The Morgan fingerprint density at radius 3 is 3.17 bits per heavy atom. The molecule has 0 amide bonds. The molecule has 2 aromatic heterocycles. The summed E-state index contributed by atoms with van der Waals surface area (Å²) in [5, 5.41) is 9.36. The monoisotopic (exact) mass is 162 g/mol. The van der Waals surface area contributed by atoms with Gasteiger partial charge in [0.1, 0.15) is 5.69 Å². The number of nitrogens with zero attached hydrogens (tertiary/aromatic N) is 1. The zero-order valence-electron chi connectivity index (χ0n) is 6.11. The van der Waals surface area contributed by atoms with Gasteiger partial charge in [0.25, 0.3) is 0 Å². The minimum absolute atomic E-state index is 0.193. The van der Waals surface area contributed by atoms with E-state index < -0.39 is 5.97 Å². The van der Waals surface area contributed by atoms with Crippen molar-refractivity contribution in [2.75, 3.05) is 0 Å². The first-order valence-electron chi connectivity index (χ1n) is 3.44. The van der Waals surface area contributed by atoms with Crippen molar-refractivity contribution in [1.29, 1.82) is 0 Å². The van der Waals surface area contributed by atoms with Crippen LogP contribution in [0.1, 0.15) is 10.5 Å². The molecule has 2 N–H and O–H groups in total. The van der Waals surface area contributed by atoms with Crippen molar-refractivity contribution in [3.8, 4) is 0 Å². The molecule has 4 heteroatoms. The van der Waals surface area contributed by atoms with Gasteiger partial charge in [-0.1, -0.05) is 0 Å². The Morgan fingerprint density at radius 1 is 1.58 bits per heavy atom. The summed E-state index contributed by atoms with van der Waals surface area (Å²) in [4.78, 5) is 17.3. The number of hydrogen-bond donors (Lipinski definition) is 2. The van der Waals surface area contributed by atoms with Gasteiger partial charge in [-0.3, -0.25) is 4.98 Å². The number of aromatic nitrogens is 2. The third-order valence-corrected chi connectivity index (χ3v) is 1.67. The van der Waals surface area contributed by atoms with E-state index in [4.69, 9.17) is 5.11 Å². The molecule has 12 heavy (non-hydrogen) atoms. The number of nitrogens with one attached hydrogen (secondary N) is 1. The van der Waals surface area contributed by atoms with E-state index in [1.807, 2.05) is 0 Å². The van der Waals surface area contributed by atoms with Gasteiger partial charge < -0.3 is 10.1 Å². The minimum atomic E-state index is -0.960. The number of carboxylic acids is 1. The molecule has 0 atom stereocenters. The maximum absolute atomic E-state index is 10.6. The first kappa shape index (κ1) is 6.84. The standard InChI is InChI=1S/C8H6N2O2/c11-8(12)7-5-2-1-3-9-6(5)4-10-7/h1-4,10H,(H,11,12). The van der Waals surface area contributed by atoms with E-state index in [0.717, 1.165) is 0 Å². The van der Waals surface area contributed by atoms with Gasteiger partial charge >= 0.3 is 5.97 Å². The normalized spacial score (nSPS) is 10.3. The van der Waals surface area contributed by atoms with Crippen LogP contribution in [0.5, 0.6) is 0 Å². The van der Waals surface area contributed by atoms with Crippen LogP contribution in [0.15, 0.2) is 24.5 Å². The van der Waals surface area contributed by atoms with Crippen LogP contribution >= 0.6 is 0 Å². The van der Waals surface area contributed by atoms with Gasteiger partial charge in [-0.2, -0.15) is 0 Å². The molecule has 60 valence electrons. The zero-order chi connectivity index (χ0) is 8.55. The maximum atomic E-state index is 10.6. The number of carboxylic acid groups (broad SMARTS) is 1. The summed E-state index contributed by atoms with van der Waals surface area (Å²) in [5.41, 5.74) is 0.869. The number of pyridine rings is 1. The Morgan fingerprint density at radius 2 is 2.42 bits per heavy atom. The smallest absolute Gasteiger partial charge is 0.353 e. The number of aromatic amines is 1. The highest BCUT2D eigenvalue weighted by Gasteiger charge is 2.09. The molecule has 2 aromatic rings. The molecule has 0 fully saturated rings. The quantitative estimate of drug-likeness (QED) is 0.663. The van der Waals surface area contributed by atoms with Gasteiger partial charge in [0.05, 0.1) is 5.52 Å². The lowest BCUT2D eigenvalue weighted by Crippen LogP contribution is -1.96. The van der Waals surface area contributed by atoms with Crippen molar-refractivity contribution in [2.24, 2.45) is 0 Å². The summed E-state index contributed by atoms with van der Waals surface area (Å²) in [7, 11) is 0. The average Bonchev–Trinajstić information content (AvgIpc) is 2.47. The lowest BCUT2D eigenvalue weighted by molar-refractivity contribution is 0.0693. The summed E-state index contributed by atoms with van der Waals surface area (Å²) < 4.78 is 0. The van der Waals surface area contributed by atoms with Crippen molar-refractivity contribution >= 4 is 16.9 Å². The fourth-order valence-electron chi connectivity index (χ4n) is 1.14. The summed E-state index contributed by atoms with van der Waals surface area (Å²) in [6.45, 7) is 0. The predicted molar refractivity (Wildman–Crippen MR) is 43.1 cm³/mol. The number of rotatable bonds is 1. The Bertz CT molecular complexity index is 433. The second kappa shape index (κ2) is 2.34. The molecule has 4 nitrogen and oxygen atoms in total. The summed E-state index contributed by atoms with van der Waals surface area (Å²) in [6.07, 6.45) is 3.21. The van der Waals surface area contributed by atoms with Crippen LogP contribution in [0, 0.1) is 0 Å². The van der Waals surface area contributed by atoms with Gasteiger partial charge in [-0.25, -0.2) is 4.79 Å². The Labute approximate surface area is 67.9 Å². The summed E-state index contributed by atoms with van der Waals surface area (Å²) in [6, 6.07) is 3.44. The number of fused-ring (bicyclic) bond motifs is 1. The van der Waals surface area contributed by atoms with Crippen LogP contribution in [0.3, 0.4) is 0 Å². The Hall–Kier alpha value is -1.84. The van der Waals surface area contributed by atoms with Crippen LogP contribution in [0.2, 0.25) is 0 Å². The van der Waals surface area contributed by atoms with E-state index in [2.05, 4.69) is 9.97 Å². The van der Waals surface area contributed by atoms with Crippen LogP contribution in [-0.4, -0.2) is 21.0 Å². The second-order valence-electron chi connectivity index (χ2n) is 2.41. The van der Waals surface area contributed by atoms with Crippen LogP contribution in [-0.2, 0) is 0 Å². The van der Waals surface area contributed by atoms with Gasteiger partial charge in [0.15, 0.2) is 0 Å². The third-order valence-electron chi connectivity index (χ3n) is 1.67. The molecule has 0 saturated carbocycles. The molecule has 0 unspecified atom stereocenters. The van der Waals surface area contributed by atoms with Crippen LogP contribution in [0.4, 0.5) is 0 Å². The van der Waals surface area contributed by atoms with E-state index in [1.165, 1.54) is 0 Å². The molecule has 0 aromatic carbocycles.